The van der Waals surface area contributed by atoms with Crippen LogP contribution in [-0.4, -0.2) is 5.97 Å². The van der Waals surface area contributed by atoms with E-state index in [2.05, 4.69) is 4.74 Å². The van der Waals surface area contributed by atoms with Crippen molar-refractivity contribution in [1.82, 2.24) is 0 Å². The van der Waals surface area contributed by atoms with Crippen molar-refractivity contribution in [2.75, 3.05) is 0 Å². The van der Waals surface area contributed by atoms with Crippen LogP contribution in [0, 0.1) is 0 Å². The minimum Gasteiger partial charge on any atom is -0.452 e. The third-order valence-corrected chi connectivity index (χ3v) is 1.90. The predicted octanol–water partition coefficient (Wildman–Crippen LogP) is 3.37. The first-order chi connectivity index (χ1) is 7.52. The van der Waals surface area contributed by atoms with Gasteiger partial charge < -0.3 is 4.74 Å². The summed E-state index contributed by atoms with van der Waals surface area (Å²) in [6, 6.07) is 8.43. The molecular formula is C11H9F3O2. The fraction of sp³-hybridized carbons (Fsp3) is 0.182. The molecule has 0 aliphatic rings. The Hall–Kier alpha value is -1.78. The molecule has 16 heavy (non-hydrogen) atoms. The highest BCUT2D eigenvalue weighted by Crippen LogP contribution is 2.19. The van der Waals surface area contributed by atoms with Gasteiger partial charge in [-0.15, -0.1) is 0 Å². The number of esters is 1. The minimum atomic E-state index is -2.68. The molecule has 0 saturated heterocycles. The predicted molar refractivity (Wildman–Crippen MR) is 51.3 cm³/mol. The Kier molecular flexibility index (Phi) is 4.10. The van der Waals surface area contributed by atoms with Crippen molar-refractivity contribution in [3.8, 4) is 0 Å². The summed E-state index contributed by atoms with van der Waals surface area (Å²) in [5.41, 5.74) is 0.600. The van der Waals surface area contributed by atoms with Gasteiger partial charge in [0.25, 0.3) is 5.83 Å². The summed E-state index contributed by atoms with van der Waals surface area (Å²) in [6.45, 7) is 1.47. The molecule has 1 aromatic carbocycles. The first kappa shape index (κ1) is 12.3. The van der Waals surface area contributed by atoms with Crippen molar-refractivity contribution >= 4 is 5.97 Å². The second-order valence-electron chi connectivity index (χ2n) is 3.03. The Labute approximate surface area is 90.3 Å². The van der Waals surface area contributed by atoms with Gasteiger partial charge in [-0.05, 0) is 12.5 Å². The van der Waals surface area contributed by atoms with Crippen LogP contribution in [0.3, 0.4) is 0 Å². The number of hydrogen-bond donors (Lipinski definition) is 0. The van der Waals surface area contributed by atoms with Crippen LogP contribution in [0.1, 0.15) is 18.6 Å². The summed E-state index contributed by atoms with van der Waals surface area (Å²) < 4.78 is 40.4. The van der Waals surface area contributed by atoms with E-state index < -0.39 is 24.0 Å². The average molecular weight is 230 g/mol. The summed E-state index contributed by atoms with van der Waals surface area (Å²) in [4.78, 5) is 10.8. The number of halogens is 3. The highest BCUT2D eigenvalue weighted by molar-refractivity contribution is 5.86. The summed E-state index contributed by atoms with van der Waals surface area (Å²) in [5, 5.41) is 0. The van der Waals surface area contributed by atoms with E-state index in [1.807, 2.05) is 0 Å². The Morgan fingerprint density at radius 3 is 2.25 bits per heavy atom. The van der Waals surface area contributed by atoms with Crippen LogP contribution >= 0.6 is 0 Å². The molecule has 0 N–H and O–H groups in total. The lowest BCUT2D eigenvalue weighted by molar-refractivity contribution is -0.146. The standard InChI is InChI=1S/C11H9F3O2/c1-7(8-5-3-2-4-6-8)16-11(15)9(12)10(13)14/h2-7H,1H3/t7-/m1/s1. The maximum absolute atomic E-state index is 12.5. The third kappa shape index (κ3) is 3.12. The van der Waals surface area contributed by atoms with E-state index in [0.29, 0.717) is 5.56 Å². The number of carbonyl (C=O) groups excluding carboxylic acids is 1. The number of carbonyl (C=O) groups is 1. The van der Waals surface area contributed by atoms with Gasteiger partial charge in [0, 0.05) is 0 Å². The Morgan fingerprint density at radius 1 is 1.19 bits per heavy atom. The zero-order valence-electron chi connectivity index (χ0n) is 8.41. The van der Waals surface area contributed by atoms with Crippen molar-refractivity contribution in [2.24, 2.45) is 0 Å². The summed E-state index contributed by atoms with van der Waals surface area (Å²) in [6.07, 6.45) is -3.45. The van der Waals surface area contributed by atoms with Gasteiger partial charge in [0.2, 0.25) is 0 Å². The van der Waals surface area contributed by atoms with E-state index in [0.717, 1.165) is 0 Å². The van der Waals surface area contributed by atoms with Crippen molar-refractivity contribution in [2.45, 2.75) is 13.0 Å². The second-order valence-corrected chi connectivity index (χ2v) is 3.03. The molecule has 0 heterocycles. The van der Waals surface area contributed by atoms with Gasteiger partial charge in [0.1, 0.15) is 6.10 Å². The molecule has 0 unspecified atom stereocenters. The zero-order valence-corrected chi connectivity index (χ0v) is 8.41. The van der Waals surface area contributed by atoms with Crippen LogP contribution in [0.25, 0.3) is 0 Å². The van der Waals surface area contributed by atoms with Crippen molar-refractivity contribution in [3.05, 3.63) is 47.8 Å². The van der Waals surface area contributed by atoms with E-state index in [1.165, 1.54) is 6.92 Å². The Balaban J connectivity index is 2.70. The molecule has 0 aliphatic carbocycles. The number of rotatable bonds is 3. The van der Waals surface area contributed by atoms with E-state index in [1.54, 1.807) is 30.3 Å². The highest BCUT2D eigenvalue weighted by Gasteiger charge is 2.20. The Morgan fingerprint density at radius 2 is 1.75 bits per heavy atom. The first-order valence-electron chi connectivity index (χ1n) is 4.49. The van der Waals surface area contributed by atoms with Crippen LogP contribution in [0.5, 0.6) is 0 Å². The van der Waals surface area contributed by atoms with E-state index in [9.17, 15) is 18.0 Å². The van der Waals surface area contributed by atoms with Crippen molar-refractivity contribution in [1.29, 1.82) is 0 Å². The van der Waals surface area contributed by atoms with Gasteiger partial charge in [-0.2, -0.15) is 13.2 Å². The van der Waals surface area contributed by atoms with Gasteiger partial charge in [-0.3, -0.25) is 0 Å². The maximum Gasteiger partial charge on any atom is 0.373 e. The third-order valence-electron chi connectivity index (χ3n) is 1.90. The molecule has 0 fully saturated rings. The van der Waals surface area contributed by atoms with Gasteiger partial charge >= 0.3 is 12.0 Å². The molecule has 5 heteroatoms. The maximum atomic E-state index is 12.5. The lowest BCUT2D eigenvalue weighted by Crippen LogP contribution is -2.09. The SMILES string of the molecule is C[C@@H](OC(=O)C(F)=C(F)F)c1ccccc1. The molecule has 0 aliphatic heterocycles. The van der Waals surface area contributed by atoms with Crippen LogP contribution in [-0.2, 0) is 9.53 Å². The van der Waals surface area contributed by atoms with Crippen LogP contribution < -0.4 is 0 Å². The molecule has 0 bridgehead atoms. The van der Waals surface area contributed by atoms with Crippen LogP contribution in [0.4, 0.5) is 13.2 Å². The normalized spacial score (nSPS) is 11.8. The average Bonchev–Trinajstić information content (AvgIpc) is 2.28. The fourth-order valence-electron chi connectivity index (χ4n) is 1.08. The zero-order chi connectivity index (χ0) is 12.1. The molecule has 1 atom stereocenters. The van der Waals surface area contributed by atoms with Crippen LogP contribution in [0.2, 0.25) is 0 Å². The first-order valence-corrected chi connectivity index (χ1v) is 4.49. The number of hydrogen-bond acceptors (Lipinski definition) is 2. The van der Waals surface area contributed by atoms with Crippen LogP contribution in [0.15, 0.2) is 42.2 Å². The monoisotopic (exact) mass is 230 g/mol. The highest BCUT2D eigenvalue weighted by atomic mass is 19.3. The summed E-state index contributed by atoms with van der Waals surface area (Å²) in [5.74, 6) is -3.81. The summed E-state index contributed by atoms with van der Waals surface area (Å²) in [7, 11) is 0. The summed E-state index contributed by atoms with van der Waals surface area (Å²) >= 11 is 0. The fourth-order valence-corrected chi connectivity index (χ4v) is 1.08. The van der Waals surface area contributed by atoms with Crippen molar-refractivity contribution in [3.63, 3.8) is 0 Å². The second kappa shape index (κ2) is 5.34. The van der Waals surface area contributed by atoms with Gasteiger partial charge in [-0.1, -0.05) is 30.3 Å². The molecule has 86 valence electrons. The minimum absolute atomic E-state index is 0.600. The topological polar surface area (TPSA) is 26.3 Å². The van der Waals surface area contributed by atoms with Gasteiger partial charge in [0.15, 0.2) is 0 Å². The molecule has 0 amide bonds. The molecule has 0 saturated carbocycles. The lowest BCUT2D eigenvalue weighted by atomic mass is 10.1. The van der Waals surface area contributed by atoms with Crippen molar-refractivity contribution < 1.29 is 22.7 Å². The van der Waals surface area contributed by atoms with E-state index in [4.69, 9.17) is 0 Å². The molecule has 2 nitrogen and oxygen atoms in total. The quantitative estimate of drug-likeness (QED) is 0.587. The lowest BCUT2D eigenvalue weighted by Gasteiger charge is -2.12. The van der Waals surface area contributed by atoms with E-state index >= 15 is 0 Å². The number of benzene rings is 1. The largest absolute Gasteiger partial charge is 0.452 e. The van der Waals surface area contributed by atoms with E-state index in [-0.39, 0.29) is 0 Å². The molecule has 0 aromatic heterocycles. The molecule has 1 rings (SSSR count). The molecule has 0 spiro atoms. The Bertz CT molecular complexity index is 397. The smallest absolute Gasteiger partial charge is 0.373 e. The molecule has 0 radical (unpaired) electrons. The number of ether oxygens (including phenoxy) is 1. The molecular weight excluding hydrogens is 221 g/mol. The molecule has 1 aromatic rings. The van der Waals surface area contributed by atoms with Gasteiger partial charge in [-0.25, -0.2) is 4.79 Å². The van der Waals surface area contributed by atoms with Gasteiger partial charge in [0.05, 0.1) is 0 Å².